The van der Waals surface area contributed by atoms with Gasteiger partial charge in [0.05, 0.1) is 10.7 Å². The van der Waals surface area contributed by atoms with Crippen LogP contribution in [0.5, 0.6) is 0 Å². The summed E-state index contributed by atoms with van der Waals surface area (Å²) >= 11 is 0. The van der Waals surface area contributed by atoms with Gasteiger partial charge in [0.15, 0.2) is 0 Å². The molecule has 0 fully saturated rings. The van der Waals surface area contributed by atoms with Crippen molar-refractivity contribution in [1.82, 2.24) is 4.31 Å². The third-order valence-corrected chi connectivity index (χ3v) is 5.42. The van der Waals surface area contributed by atoms with E-state index in [1.807, 2.05) is 12.1 Å². The molecular formula is C15H25N3O2S. The molecule has 0 amide bonds. The predicted octanol–water partition coefficient (Wildman–Crippen LogP) is 2.22. The summed E-state index contributed by atoms with van der Waals surface area (Å²) in [5.74, 6) is -0.291. The van der Waals surface area contributed by atoms with Crippen LogP contribution in [0, 0.1) is 11.3 Å². The molecule has 118 valence electrons. The van der Waals surface area contributed by atoms with Crippen LogP contribution in [0.25, 0.3) is 0 Å². The van der Waals surface area contributed by atoms with Gasteiger partial charge >= 0.3 is 0 Å². The van der Waals surface area contributed by atoms with Gasteiger partial charge in [-0.15, -0.1) is 0 Å². The minimum absolute atomic E-state index is 0.00180. The van der Waals surface area contributed by atoms with Crippen molar-refractivity contribution in [2.75, 3.05) is 13.1 Å². The van der Waals surface area contributed by atoms with Gasteiger partial charge in [-0.2, -0.15) is 4.31 Å². The van der Waals surface area contributed by atoms with Gasteiger partial charge in [-0.1, -0.05) is 39.3 Å². The molecule has 3 N–H and O–H groups in total. The van der Waals surface area contributed by atoms with Gasteiger partial charge in [0, 0.05) is 19.0 Å². The second kappa shape index (κ2) is 7.56. The van der Waals surface area contributed by atoms with Gasteiger partial charge in [0.2, 0.25) is 10.0 Å². The van der Waals surface area contributed by atoms with Crippen molar-refractivity contribution in [2.45, 2.75) is 38.5 Å². The normalized spacial score (nSPS) is 13.3. The molecule has 0 saturated carbocycles. The largest absolute Gasteiger partial charge is 0.387 e. The molecule has 0 saturated heterocycles. The zero-order valence-corrected chi connectivity index (χ0v) is 13.8. The number of nitrogens with two attached hydrogens (primary N) is 1. The van der Waals surface area contributed by atoms with E-state index in [9.17, 15) is 8.42 Å². The molecule has 5 nitrogen and oxygen atoms in total. The zero-order valence-electron chi connectivity index (χ0n) is 13.0. The molecule has 21 heavy (non-hydrogen) atoms. The summed E-state index contributed by atoms with van der Waals surface area (Å²) in [7, 11) is -3.53. The maximum atomic E-state index is 12.6. The lowest BCUT2D eigenvalue weighted by Gasteiger charge is -2.23. The summed E-state index contributed by atoms with van der Waals surface area (Å²) in [5, 5.41) is 7.41. The smallest absolute Gasteiger partial charge is 0.243 e. The van der Waals surface area contributed by atoms with Crippen LogP contribution in [-0.4, -0.2) is 31.6 Å². The highest BCUT2D eigenvalue weighted by atomic mass is 32.2. The maximum absolute atomic E-state index is 12.6. The molecule has 0 spiro atoms. The number of rotatable bonds is 8. The maximum Gasteiger partial charge on any atom is 0.243 e. The monoisotopic (exact) mass is 311 g/mol. The first-order chi connectivity index (χ1) is 9.82. The van der Waals surface area contributed by atoms with E-state index in [0.717, 1.165) is 18.4 Å². The minimum Gasteiger partial charge on any atom is -0.387 e. The van der Waals surface area contributed by atoms with Gasteiger partial charge in [0.1, 0.15) is 0 Å². The van der Waals surface area contributed by atoms with Gasteiger partial charge in [0.25, 0.3) is 0 Å². The van der Waals surface area contributed by atoms with Crippen LogP contribution in [0.3, 0.4) is 0 Å². The SMILES string of the molecule is CCCc1ccc(S(=O)(=O)N(CC)CC(C)C(=N)N)cc1. The number of hydrogen-bond acceptors (Lipinski definition) is 3. The highest BCUT2D eigenvalue weighted by Gasteiger charge is 2.25. The molecule has 0 aromatic heterocycles. The van der Waals surface area contributed by atoms with Crippen LogP contribution >= 0.6 is 0 Å². The van der Waals surface area contributed by atoms with Crippen LogP contribution in [0.2, 0.25) is 0 Å². The third kappa shape index (κ3) is 4.54. The van der Waals surface area contributed by atoms with Crippen molar-refractivity contribution in [3.05, 3.63) is 29.8 Å². The van der Waals surface area contributed by atoms with E-state index in [4.69, 9.17) is 11.1 Å². The van der Waals surface area contributed by atoms with E-state index >= 15 is 0 Å². The summed E-state index contributed by atoms with van der Waals surface area (Å²) in [6, 6.07) is 7.03. The van der Waals surface area contributed by atoms with Crippen LogP contribution < -0.4 is 5.73 Å². The Morgan fingerprint density at radius 3 is 2.29 bits per heavy atom. The van der Waals surface area contributed by atoms with Crippen molar-refractivity contribution < 1.29 is 8.42 Å². The number of aryl methyl sites for hydroxylation is 1. The second-order valence-electron chi connectivity index (χ2n) is 5.21. The number of benzene rings is 1. The van der Waals surface area contributed by atoms with Gasteiger partial charge in [-0.3, -0.25) is 5.41 Å². The lowest BCUT2D eigenvalue weighted by atomic mass is 10.1. The third-order valence-electron chi connectivity index (χ3n) is 3.46. The Balaban J connectivity index is 2.98. The molecule has 0 radical (unpaired) electrons. The number of amidine groups is 1. The molecule has 1 aromatic carbocycles. The van der Waals surface area contributed by atoms with E-state index in [1.54, 1.807) is 26.0 Å². The molecule has 1 rings (SSSR count). The Morgan fingerprint density at radius 2 is 1.86 bits per heavy atom. The van der Waals surface area contributed by atoms with Gasteiger partial charge < -0.3 is 5.73 Å². The number of nitrogens with zero attached hydrogens (tertiary/aromatic N) is 1. The molecule has 1 unspecified atom stereocenters. The van der Waals surface area contributed by atoms with E-state index in [1.165, 1.54) is 4.31 Å². The fraction of sp³-hybridized carbons (Fsp3) is 0.533. The highest BCUT2D eigenvalue weighted by Crippen LogP contribution is 2.18. The van der Waals surface area contributed by atoms with E-state index in [-0.39, 0.29) is 18.3 Å². The molecule has 0 aliphatic carbocycles. The van der Waals surface area contributed by atoms with Crippen molar-refractivity contribution in [1.29, 1.82) is 5.41 Å². The first-order valence-electron chi connectivity index (χ1n) is 7.25. The summed E-state index contributed by atoms with van der Waals surface area (Å²) in [5.41, 5.74) is 6.57. The zero-order chi connectivity index (χ0) is 16.0. The van der Waals surface area contributed by atoms with Crippen LogP contribution in [0.1, 0.15) is 32.8 Å². The summed E-state index contributed by atoms with van der Waals surface area (Å²) in [4.78, 5) is 0.292. The number of nitrogens with one attached hydrogen (secondary N) is 1. The number of hydrogen-bond donors (Lipinski definition) is 2. The molecule has 6 heteroatoms. The van der Waals surface area contributed by atoms with Crippen molar-refractivity contribution in [2.24, 2.45) is 11.7 Å². The van der Waals surface area contributed by atoms with E-state index < -0.39 is 10.0 Å². The molecule has 1 atom stereocenters. The average Bonchev–Trinajstić information content (AvgIpc) is 2.45. The Bertz CT molecular complexity index is 567. The highest BCUT2D eigenvalue weighted by molar-refractivity contribution is 7.89. The quantitative estimate of drug-likeness (QED) is 0.570. The lowest BCUT2D eigenvalue weighted by molar-refractivity contribution is 0.403. The van der Waals surface area contributed by atoms with Crippen LogP contribution in [0.4, 0.5) is 0 Å². The second-order valence-corrected chi connectivity index (χ2v) is 7.14. The Labute approximate surface area is 127 Å². The van der Waals surface area contributed by atoms with Crippen LogP contribution in [-0.2, 0) is 16.4 Å². The van der Waals surface area contributed by atoms with Crippen molar-refractivity contribution in [3.63, 3.8) is 0 Å². The fourth-order valence-electron chi connectivity index (χ4n) is 2.07. The summed E-state index contributed by atoms with van der Waals surface area (Å²) < 4.78 is 26.6. The Morgan fingerprint density at radius 1 is 1.29 bits per heavy atom. The van der Waals surface area contributed by atoms with Gasteiger partial charge in [-0.25, -0.2) is 8.42 Å². The van der Waals surface area contributed by atoms with Crippen molar-refractivity contribution in [3.8, 4) is 0 Å². The molecule has 0 aliphatic heterocycles. The fourth-order valence-corrected chi connectivity index (χ4v) is 3.60. The molecule has 0 bridgehead atoms. The molecule has 0 heterocycles. The first kappa shape index (κ1) is 17.7. The first-order valence-corrected chi connectivity index (χ1v) is 8.69. The summed E-state index contributed by atoms with van der Waals surface area (Å²) in [6.07, 6.45) is 1.97. The standard InChI is InChI=1S/C15H25N3O2S/c1-4-6-13-7-9-14(10-8-13)21(19,20)18(5-2)11-12(3)15(16)17/h7-10,12H,4-6,11H2,1-3H3,(H3,16,17). The molecular weight excluding hydrogens is 286 g/mol. The van der Waals surface area contributed by atoms with Gasteiger partial charge in [-0.05, 0) is 24.1 Å². The molecule has 1 aromatic rings. The lowest BCUT2D eigenvalue weighted by Crippen LogP contribution is -2.38. The Hall–Kier alpha value is -1.40. The Kier molecular flexibility index (Phi) is 6.36. The molecule has 0 aliphatic rings. The van der Waals surface area contributed by atoms with Crippen LogP contribution in [0.15, 0.2) is 29.2 Å². The number of sulfonamides is 1. The topological polar surface area (TPSA) is 87.2 Å². The summed E-state index contributed by atoms with van der Waals surface area (Å²) in [6.45, 7) is 6.22. The average molecular weight is 311 g/mol. The van der Waals surface area contributed by atoms with E-state index in [2.05, 4.69) is 6.92 Å². The predicted molar refractivity (Wildman–Crippen MR) is 85.9 cm³/mol. The van der Waals surface area contributed by atoms with Crippen molar-refractivity contribution >= 4 is 15.9 Å². The minimum atomic E-state index is -3.53. The van der Waals surface area contributed by atoms with E-state index in [0.29, 0.717) is 11.4 Å².